The third-order valence-electron chi connectivity index (χ3n) is 2.65. The van der Waals surface area contributed by atoms with Crippen LogP contribution in [0.25, 0.3) is 0 Å². The molecule has 1 N–H and O–H groups in total. The molecule has 2 nitrogen and oxygen atoms in total. The van der Waals surface area contributed by atoms with E-state index in [2.05, 4.69) is 17.2 Å². The van der Waals surface area contributed by atoms with Crippen LogP contribution in [0.3, 0.4) is 0 Å². The molecule has 76 valence electrons. The Morgan fingerprint density at radius 1 is 1.40 bits per heavy atom. The van der Waals surface area contributed by atoms with Crippen molar-refractivity contribution >= 4 is 11.6 Å². The zero-order valence-corrected chi connectivity index (χ0v) is 8.71. The van der Waals surface area contributed by atoms with E-state index >= 15 is 0 Å². The van der Waals surface area contributed by atoms with E-state index in [0.29, 0.717) is 0 Å². The van der Waals surface area contributed by atoms with Crippen molar-refractivity contribution in [2.75, 3.05) is 5.32 Å². The van der Waals surface area contributed by atoms with Crippen LogP contribution in [0, 0.1) is 11.8 Å². The molecule has 1 aliphatic rings. The summed E-state index contributed by atoms with van der Waals surface area (Å²) in [6.45, 7) is 1.82. The van der Waals surface area contributed by atoms with Crippen molar-refractivity contribution < 1.29 is 4.79 Å². The van der Waals surface area contributed by atoms with Gasteiger partial charge in [-0.25, -0.2) is 0 Å². The summed E-state index contributed by atoms with van der Waals surface area (Å²) in [5.74, 6) is 5.94. The van der Waals surface area contributed by atoms with E-state index in [4.69, 9.17) is 0 Å². The first-order valence-electron chi connectivity index (χ1n) is 5.12. The molecule has 1 aliphatic heterocycles. The number of para-hydroxylation sites is 1. The molecule has 15 heavy (non-hydrogen) atoms. The molecule has 0 fully saturated rings. The minimum atomic E-state index is -0.0120. The highest BCUT2D eigenvalue weighted by molar-refractivity contribution is 6.02. The normalized spacial score (nSPS) is 17.7. The Kier molecular flexibility index (Phi) is 2.73. The van der Waals surface area contributed by atoms with Gasteiger partial charge in [-0.15, -0.1) is 11.8 Å². The fraction of sp³-hybridized carbons (Fsp3) is 0.308. The monoisotopic (exact) mass is 199 g/mol. The Balaban J connectivity index is 2.17. The third-order valence-corrected chi connectivity index (χ3v) is 2.65. The van der Waals surface area contributed by atoms with Gasteiger partial charge in [-0.3, -0.25) is 4.79 Å². The highest BCUT2D eigenvalue weighted by atomic mass is 16.2. The maximum atomic E-state index is 11.7. The van der Waals surface area contributed by atoms with Gasteiger partial charge in [-0.1, -0.05) is 18.2 Å². The molecule has 0 aliphatic carbocycles. The van der Waals surface area contributed by atoms with E-state index in [-0.39, 0.29) is 11.8 Å². The number of nitrogens with one attached hydrogen (secondary N) is 1. The molecule has 1 aromatic rings. The van der Waals surface area contributed by atoms with Crippen LogP contribution in [0.1, 0.15) is 31.2 Å². The largest absolute Gasteiger partial charge is 0.325 e. The van der Waals surface area contributed by atoms with Gasteiger partial charge in [0.05, 0.1) is 5.92 Å². The number of amides is 1. The minimum absolute atomic E-state index is 0.0120. The summed E-state index contributed by atoms with van der Waals surface area (Å²) in [5.41, 5.74) is 2.07. The van der Waals surface area contributed by atoms with Crippen LogP contribution in [0.5, 0.6) is 0 Å². The Morgan fingerprint density at radius 3 is 3.00 bits per heavy atom. The van der Waals surface area contributed by atoms with Crippen LogP contribution in [0.4, 0.5) is 5.69 Å². The zero-order chi connectivity index (χ0) is 10.7. The molecule has 1 unspecified atom stereocenters. The van der Waals surface area contributed by atoms with Gasteiger partial charge in [-0.2, -0.15) is 0 Å². The Morgan fingerprint density at radius 2 is 2.20 bits per heavy atom. The maximum absolute atomic E-state index is 11.7. The van der Waals surface area contributed by atoms with Gasteiger partial charge in [0.1, 0.15) is 0 Å². The van der Waals surface area contributed by atoms with Gasteiger partial charge in [0.2, 0.25) is 5.91 Å². The highest BCUT2D eigenvalue weighted by Crippen LogP contribution is 2.34. The van der Waals surface area contributed by atoms with Crippen molar-refractivity contribution in [3.63, 3.8) is 0 Å². The lowest BCUT2D eigenvalue weighted by Crippen LogP contribution is -2.11. The molecule has 1 atom stereocenters. The number of anilines is 1. The lowest BCUT2D eigenvalue weighted by Gasteiger charge is -2.05. The molecule has 1 amide bonds. The van der Waals surface area contributed by atoms with Crippen molar-refractivity contribution in [3.8, 4) is 11.8 Å². The molecule has 2 heteroatoms. The molecule has 0 saturated carbocycles. The van der Waals surface area contributed by atoms with E-state index in [0.717, 1.165) is 24.1 Å². The van der Waals surface area contributed by atoms with Crippen molar-refractivity contribution in [2.24, 2.45) is 0 Å². The Bertz CT molecular complexity index is 439. The topological polar surface area (TPSA) is 29.1 Å². The molecule has 0 bridgehead atoms. The first-order valence-corrected chi connectivity index (χ1v) is 5.12. The molecule has 1 heterocycles. The number of fused-ring (bicyclic) bond motifs is 1. The predicted molar refractivity (Wildman–Crippen MR) is 60.5 cm³/mol. The maximum Gasteiger partial charge on any atom is 0.232 e. The lowest BCUT2D eigenvalue weighted by atomic mass is 9.96. The van der Waals surface area contributed by atoms with Crippen LogP contribution in [-0.2, 0) is 4.79 Å². The van der Waals surface area contributed by atoms with Crippen LogP contribution in [-0.4, -0.2) is 5.91 Å². The second-order valence-corrected chi connectivity index (χ2v) is 3.59. The van der Waals surface area contributed by atoms with Crippen LogP contribution in [0.15, 0.2) is 24.3 Å². The first-order chi connectivity index (χ1) is 7.33. The lowest BCUT2D eigenvalue weighted by molar-refractivity contribution is -0.117. The number of carbonyl (C=O) groups is 1. The van der Waals surface area contributed by atoms with E-state index in [1.807, 2.05) is 31.2 Å². The minimum Gasteiger partial charge on any atom is -0.325 e. The Labute approximate surface area is 89.7 Å². The number of carbonyl (C=O) groups excluding carboxylic acids is 1. The van der Waals surface area contributed by atoms with Gasteiger partial charge >= 0.3 is 0 Å². The zero-order valence-electron chi connectivity index (χ0n) is 8.71. The van der Waals surface area contributed by atoms with Crippen molar-refractivity contribution in [1.29, 1.82) is 0 Å². The van der Waals surface area contributed by atoms with Crippen molar-refractivity contribution in [1.82, 2.24) is 0 Å². The predicted octanol–water partition coefficient (Wildman–Crippen LogP) is 2.53. The van der Waals surface area contributed by atoms with Gasteiger partial charge in [0, 0.05) is 12.1 Å². The number of benzene rings is 1. The van der Waals surface area contributed by atoms with Crippen LogP contribution >= 0.6 is 0 Å². The molecular formula is C13H13NO. The standard InChI is InChI=1S/C13H13NO/c1-2-3-4-8-11-10-7-5-6-9-12(10)14-13(11)15/h5-7,9,11H,4,8H2,1H3,(H,14,15). The molecule has 0 saturated heterocycles. The van der Waals surface area contributed by atoms with Crippen LogP contribution in [0.2, 0.25) is 0 Å². The Hall–Kier alpha value is -1.75. The highest BCUT2D eigenvalue weighted by Gasteiger charge is 2.28. The number of rotatable bonds is 2. The van der Waals surface area contributed by atoms with E-state index in [1.165, 1.54) is 0 Å². The fourth-order valence-corrected chi connectivity index (χ4v) is 1.90. The van der Waals surface area contributed by atoms with Crippen LogP contribution < -0.4 is 5.32 Å². The summed E-state index contributed by atoms with van der Waals surface area (Å²) < 4.78 is 0. The fourth-order valence-electron chi connectivity index (χ4n) is 1.90. The quantitative estimate of drug-likeness (QED) is 0.728. The molecule has 0 aromatic heterocycles. The smallest absolute Gasteiger partial charge is 0.232 e. The summed E-state index contributed by atoms with van der Waals surface area (Å²) in [4.78, 5) is 11.7. The van der Waals surface area contributed by atoms with Crippen molar-refractivity contribution in [2.45, 2.75) is 25.7 Å². The van der Waals surface area contributed by atoms with Gasteiger partial charge in [0.25, 0.3) is 0 Å². The SMILES string of the molecule is CC#CCCC1C(=O)Nc2ccccc21. The summed E-state index contributed by atoms with van der Waals surface area (Å²) in [5, 5.41) is 2.89. The molecular weight excluding hydrogens is 186 g/mol. The summed E-state index contributed by atoms with van der Waals surface area (Å²) >= 11 is 0. The average molecular weight is 199 g/mol. The van der Waals surface area contributed by atoms with E-state index in [9.17, 15) is 4.79 Å². The van der Waals surface area contributed by atoms with E-state index < -0.39 is 0 Å². The number of hydrogen-bond acceptors (Lipinski definition) is 1. The third kappa shape index (κ3) is 1.87. The second kappa shape index (κ2) is 4.18. The average Bonchev–Trinajstić information content (AvgIpc) is 2.56. The van der Waals surface area contributed by atoms with E-state index in [1.54, 1.807) is 0 Å². The van der Waals surface area contributed by atoms with Gasteiger partial charge < -0.3 is 5.32 Å². The van der Waals surface area contributed by atoms with Gasteiger partial charge in [-0.05, 0) is 25.0 Å². The molecule has 1 aromatic carbocycles. The summed E-state index contributed by atoms with van der Waals surface area (Å²) in [6, 6.07) is 7.86. The molecule has 0 radical (unpaired) electrons. The first kappa shape index (κ1) is 9.79. The summed E-state index contributed by atoms with van der Waals surface area (Å²) in [6.07, 6.45) is 1.59. The number of hydrogen-bond donors (Lipinski definition) is 1. The second-order valence-electron chi connectivity index (χ2n) is 3.59. The van der Waals surface area contributed by atoms with Crippen molar-refractivity contribution in [3.05, 3.63) is 29.8 Å². The molecule has 2 rings (SSSR count). The summed E-state index contributed by atoms with van der Waals surface area (Å²) in [7, 11) is 0. The van der Waals surface area contributed by atoms with Gasteiger partial charge in [0.15, 0.2) is 0 Å². The molecule has 0 spiro atoms.